The molecule has 2 rings (SSSR count). The van der Waals surface area contributed by atoms with Crippen LogP contribution in [0.1, 0.15) is 32.3 Å². The largest absolute Gasteiger partial charge is 0.375 e. The lowest BCUT2D eigenvalue weighted by Gasteiger charge is -2.32. The molecule has 0 radical (unpaired) electrons. The summed E-state index contributed by atoms with van der Waals surface area (Å²) in [6, 6.07) is 4.23. The third-order valence-corrected chi connectivity index (χ3v) is 4.25. The molecule has 1 aromatic rings. The standard InChI is InChI=1S/C18H31N5O/c1-5-6-9-22(4)18(19-3)21-13-16-7-8-17(20-12-16)23-10-11-24-15(2)14-23/h7-8,12,15H,5-6,9-11,13-14H2,1-4H3,(H,19,21). The highest BCUT2D eigenvalue weighted by atomic mass is 16.5. The van der Waals surface area contributed by atoms with E-state index in [1.165, 1.54) is 12.8 Å². The van der Waals surface area contributed by atoms with E-state index in [1.807, 2.05) is 13.2 Å². The van der Waals surface area contributed by atoms with Crippen LogP contribution in [0.5, 0.6) is 0 Å². The second-order valence-electron chi connectivity index (χ2n) is 6.33. The van der Waals surface area contributed by atoms with E-state index in [1.54, 1.807) is 0 Å². The molecule has 6 nitrogen and oxygen atoms in total. The SMILES string of the molecule is CCCCN(C)C(=NC)NCc1ccc(N2CCOC(C)C2)nc1. The first-order valence-electron chi connectivity index (χ1n) is 8.87. The van der Waals surface area contributed by atoms with Crippen LogP contribution in [0, 0.1) is 0 Å². The maximum Gasteiger partial charge on any atom is 0.193 e. The van der Waals surface area contributed by atoms with Gasteiger partial charge in [-0.2, -0.15) is 0 Å². The van der Waals surface area contributed by atoms with Crippen LogP contribution in [-0.4, -0.2) is 62.3 Å². The minimum Gasteiger partial charge on any atom is -0.375 e. The molecule has 0 aliphatic carbocycles. The normalized spacial score (nSPS) is 18.6. The first-order valence-corrected chi connectivity index (χ1v) is 8.87. The number of unbranched alkanes of at least 4 members (excludes halogenated alkanes) is 1. The van der Waals surface area contributed by atoms with Gasteiger partial charge in [-0.25, -0.2) is 4.98 Å². The molecule has 1 aliphatic rings. The van der Waals surface area contributed by atoms with Crippen LogP contribution in [0.3, 0.4) is 0 Å². The van der Waals surface area contributed by atoms with Gasteiger partial charge in [0, 0.05) is 46.5 Å². The third-order valence-electron chi connectivity index (χ3n) is 4.25. The van der Waals surface area contributed by atoms with Crippen LogP contribution in [0.2, 0.25) is 0 Å². The first kappa shape index (κ1) is 18.5. The Bertz CT molecular complexity index is 517. The van der Waals surface area contributed by atoms with E-state index in [9.17, 15) is 0 Å². The molecule has 1 aliphatic heterocycles. The summed E-state index contributed by atoms with van der Waals surface area (Å²) in [7, 11) is 3.90. The molecule has 0 bridgehead atoms. The second kappa shape index (κ2) is 9.47. The number of pyridine rings is 1. The van der Waals surface area contributed by atoms with Crippen molar-refractivity contribution < 1.29 is 4.74 Å². The Kier molecular flexibility index (Phi) is 7.31. The molecular weight excluding hydrogens is 302 g/mol. The highest BCUT2D eigenvalue weighted by molar-refractivity contribution is 5.79. The van der Waals surface area contributed by atoms with Gasteiger partial charge >= 0.3 is 0 Å². The van der Waals surface area contributed by atoms with Gasteiger partial charge in [-0.05, 0) is 25.0 Å². The van der Waals surface area contributed by atoms with Crippen LogP contribution in [-0.2, 0) is 11.3 Å². The lowest BCUT2D eigenvalue weighted by Crippen LogP contribution is -2.41. The molecule has 6 heteroatoms. The molecule has 2 heterocycles. The van der Waals surface area contributed by atoms with E-state index < -0.39 is 0 Å². The number of morpholine rings is 1. The van der Waals surface area contributed by atoms with E-state index >= 15 is 0 Å². The molecule has 0 amide bonds. The zero-order valence-corrected chi connectivity index (χ0v) is 15.5. The van der Waals surface area contributed by atoms with Crippen molar-refractivity contribution in [1.82, 2.24) is 15.2 Å². The van der Waals surface area contributed by atoms with E-state index in [0.29, 0.717) is 0 Å². The molecular formula is C18H31N5O. The minimum atomic E-state index is 0.267. The number of rotatable bonds is 6. The monoisotopic (exact) mass is 333 g/mol. The number of hydrogen-bond acceptors (Lipinski definition) is 4. The number of anilines is 1. The maximum atomic E-state index is 5.58. The number of nitrogens with zero attached hydrogens (tertiary/aromatic N) is 4. The quantitative estimate of drug-likeness (QED) is 0.638. The van der Waals surface area contributed by atoms with Crippen molar-refractivity contribution in [1.29, 1.82) is 0 Å². The summed E-state index contributed by atoms with van der Waals surface area (Å²) in [5.41, 5.74) is 1.16. The summed E-state index contributed by atoms with van der Waals surface area (Å²) in [4.78, 5) is 13.4. The number of hydrogen-bond donors (Lipinski definition) is 1. The maximum absolute atomic E-state index is 5.58. The van der Waals surface area contributed by atoms with Crippen molar-refractivity contribution in [3.63, 3.8) is 0 Å². The molecule has 1 aromatic heterocycles. The van der Waals surface area contributed by atoms with Crippen molar-refractivity contribution in [2.75, 3.05) is 45.2 Å². The van der Waals surface area contributed by atoms with Gasteiger partial charge in [-0.1, -0.05) is 19.4 Å². The van der Waals surface area contributed by atoms with Crippen molar-refractivity contribution in [2.45, 2.75) is 39.3 Å². The summed E-state index contributed by atoms with van der Waals surface area (Å²) < 4.78 is 5.58. The average molecular weight is 333 g/mol. The Morgan fingerprint density at radius 3 is 2.96 bits per heavy atom. The Hall–Kier alpha value is -1.82. The summed E-state index contributed by atoms with van der Waals surface area (Å²) in [5.74, 6) is 1.95. The van der Waals surface area contributed by atoms with Gasteiger partial charge in [-0.15, -0.1) is 0 Å². The smallest absolute Gasteiger partial charge is 0.193 e. The first-order chi connectivity index (χ1) is 11.6. The van der Waals surface area contributed by atoms with Gasteiger partial charge in [0.15, 0.2) is 5.96 Å². The number of nitrogens with one attached hydrogen (secondary N) is 1. The van der Waals surface area contributed by atoms with Crippen molar-refractivity contribution in [3.05, 3.63) is 23.9 Å². The predicted molar refractivity (Wildman–Crippen MR) is 99.6 cm³/mol. The zero-order chi connectivity index (χ0) is 17.4. The average Bonchev–Trinajstić information content (AvgIpc) is 2.61. The lowest BCUT2D eigenvalue weighted by atomic mass is 10.2. The highest BCUT2D eigenvalue weighted by Gasteiger charge is 2.17. The molecule has 1 unspecified atom stereocenters. The van der Waals surface area contributed by atoms with E-state index in [4.69, 9.17) is 4.74 Å². The van der Waals surface area contributed by atoms with Crippen molar-refractivity contribution >= 4 is 11.8 Å². The Balaban J connectivity index is 1.87. The fourth-order valence-electron chi connectivity index (χ4n) is 2.80. The van der Waals surface area contributed by atoms with E-state index in [-0.39, 0.29) is 6.10 Å². The predicted octanol–water partition coefficient (Wildman–Crippen LogP) is 2.11. The Morgan fingerprint density at radius 2 is 2.33 bits per heavy atom. The van der Waals surface area contributed by atoms with Crippen LogP contribution < -0.4 is 10.2 Å². The lowest BCUT2D eigenvalue weighted by molar-refractivity contribution is 0.0529. The van der Waals surface area contributed by atoms with Gasteiger partial charge < -0.3 is 19.9 Å². The van der Waals surface area contributed by atoms with Gasteiger partial charge in [-0.3, -0.25) is 4.99 Å². The summed E-state index contributed by atoms with van der Waals surface area (Å²) in [5, 5.41) is 3.40. The third kappa shape index (κ3) is 5.37. The Morgan fingerprint density at radius 1 is 1.50 bits per heavy atom. The van der Waals surface area contributed by atoms with Crippen LogP contribution >= 0.6 is 0 Å². The van der Waals surface area contributed by atoms with Gasteiger partial charge in [0.1, 0.15) is 5.82 Å². The molecule has 1 N–H and O–H groups in total. The molecule has 24 heavy (non-hydrogen) atoms. The minimum absolute atomic E-state index is 0.267. The fourth-order valence-corrected chi connectivity index (χ4v) is 2.80. The molecule has 134 valence electrons. The van der Waals surface area contributed by atoms with E-state index in [0.717, 1.165) is 50.1 Å². The topological polar surface area (TPSA) is 53.0 Å². The fraction of sp³-hybridized carbons (Fsp3) is 0.667. The van der Waals surface area contributed by atoms with Gasteiger partial charge in [0.05, 0.1) is 12.7 Å². The summed E-state index contributed by atoms with van der Waals surface area (Å²) in [6.45, 7) is 8.63. The summed E-state index contributed by atoms with van der Waals surface area (Å²) >= 11 is 0. The molecule has 1 saturated heterocycles. The van der Waals surface area contributed by atoms with E-state index in [2.05, 4.69) is 58.1 Å². The van der Waals surface area contributed by atoms with Crippen LogP contribution in [0.25, 0.3) is 0 Å². The zero-order valence-electron chi connectivity index (χ0n) is 15.5. The number of ether oxygens (including phenoxy) is 1. The molecule has 0 spiro atoms. The van der Waals surface area contributed by atoms with Gasteiger partial charge in [0.2, 0.25) is 0 Å². The molecule has 0 saturated carbocycles. The number of aliphatic imine (C=N–C) groups is 1. The van der Waals surface area contributed by atoms with Crippen LogP contribution in [0.4, 0.5) is 5.82 Å². The molecule has 0 aromatic carbocycles. The number of aromatic nitrogens is 1. The Labute approximate surface area is 145 Å². The van der Waals surface area contributed by atoms with Crippen molar-refractivity contribution in [2.24, 2.45) is 4.99 Å². The van der Waals surface area contributed by atoms with Crippen LogP contribution in [0.15, 0.2) is 23.3 Å². The molecule has 1 atom stereocenters. The van der Waals surface area contributed by atoms with Crippen molar-refractivity contribution in [3.8, 4) is 0 Å². The van der Waals surface area contributed by atoms with Gasteiger partial charge in [0.25, 0.3) is 0 Å². The number of guanidine groups is 1. The second-order valence-corrected chi connectivity index (χ2v) is 6.33. The summed E-state index contributed by atoms with van der Waals surface area (Å²) in [6.07, 6.45) is 4.57. The highest BCUT2D eigenvalue weighted by Crippen LogP contribution is 2.15. The molecule has 1 fully saturated rings.